The van der Waals surface area contributed by atoms with E-state index in [0.29, 0.717) is 6.54 Å². The Morgan fingerprint density at radius 1 is 1.50 bits per heavy atom. The zero-order chi connectivity index (χ0) is 8.81. The van der Waals surface area contributed by atoms with Crippen molar-refractivity contribution in [3.8, 4) is 0 Å². The lowest BCUT2D eigenvalue weighted by Crippen LogP contribution is -2.25. The van der Waals surface area contributed by atoms with E-state index in [0.717, 1.165) is 5.69 Å². The third-order valence-electron chi connectivity index (χ3n) is 1.32. The molecule has 1 N–H and O–H groups in total. The SMILES string of the molecule is [O]CC(=O)NCc1ccccn1. The van der Waals surface area contributed by atoms with E-state index >= 15 is 0 Å². The highest BCUT2D eigenvalue weighted by Gasteiger charge is 1.98. The van der Waals surface area contributed by atoms with Crippen molar-refractivity contribution in [3.63, 3.8) is 0 Å². The second-order valence-corrected chi connectivity index (χ2v) is 2.24. The molecular weight excluding hydrogens is 156 g/mol. The van der Waals surface area contributed by atoms with E-state index < -0.39 is 12.5 Å². The van der Waals surface area contributed by atoms with E-state index in [9.17, 15) is 9.90 Å². The summed E-state index contributed by atoms with van der Waals surface area (Å²) in [5, 5.41) is 12.5. The van der Waals surface area contributed by atoms with Crippen LogP contribution < -0.4 is 5.32 Å². The standard InChI is InChI=1S/C8H9N2O2/c11-6-8(12)10-5-7-3-1-2-4-9-7/h1-4H,5-6H2,(H,10,12). The summed E-state index contributed by atoms with van der Waals surface area (Å²) in [4.78, 5) is 14.5. The Kier molecular flexibility index (Phi) is 3.22. The summed E-state index contributed by atoms with van der Waals surface area (Å²) >= 11 is 0. The van der Waals surface area contributed by atoms with Gasteiger partial charge in [0.25, 0.3) is 0 Å². The highest BCUT2D eigenvalue weighted by atomic mass is 16.3. The Labute approximate surface area is 70.3 Å². The molecule has 0 aliphatic rings. The summed E-state index contributed by atoms with van der Waals surface area (Å²) in [7, 11) is 0. The van der Waals surface area contributed by atoms with Crippen molar-refractivity contribution in [3.05, 3.63) is 30.1 Å². The molecule has 0 saturated carbocycles. The lowest BCUT2D eigenvalue weighted by atomic mass is 10.3. The Morgan fingerprint density at radius 3 is 2.92 bits per heavy atom. The minimum Gasteiger partial charge on any atom is -0.348 e. The number of pyridine rings is 1. The molecule has 63 valence electrons. The van der Waals surface area contributed by atoms with Gasteiger partial charge < -0.3 is 5.32 Å². The van der Waals surface area contributed by atoms with Crippen molar-refractivity contribution in [1.82, 2.24) is 10.3 Å². The van der Waals surface area contributed by atoms with E-state index in [1.165, 1.54) is 0 Å². The van der Waals surface area contributed by atoms with Gasteiger partial charge in [0.05, 0.1) is 12.2 Å². The first-order valence-electron chi connectivity index (χ1n) is 3.57. The van der Waals surface area contributed by atoms with Crippen LogP contribution in [-0.4, -0.2) is 17.5 Å². The third kappa shape index (κ3) is 2.67. The summed E-state index contributed by atoms with van der Waals surface area (Å²) in [5.41, 5.74) is 0.749. The van der Waals surface area contributed by atoms with Crippen LogP contribution in [0.2, 0.25) is 0 Å². The summed E-state index contributed by atoms with van der Waals surface area (Å²) in [6, 6.07) is 5.40. The van der Waals surface area contributed by atoms with Crippen molar-refractivity contribution < 1.29 is 9.90 Å². The number of carbonyl (C=O) groups excluding carboxylic acids is 1. The van der Waals surface area contributed by atoms with E-state index in [4.69, 9.17) is 0 Å². The maximum atomic E-state index is 10.5. The zero-order valence-electron chi connectivity index (χ0n) is 6.49. The Hall–Kier alpha value is -1.42. The van der Waals surface area contributed by atoms with Gasteiger partial charge in [-0.2, -0.15) is 0 Å². The number of hydrogen-bond donors (Lipinski definition) is 1. The first-order chi connectivity index (χ1) is 5.83. The van der Waals surface area contributed by atoms with Gasteiger partial charge in [0.15, 0.2) is 6.61 Å². The number of aromatic nitrogens is 1. The van der Waals surface area contributed by atoms with Crippen LogP contribution in [0.25, 0.3) is 0 Å². The molecule has 0 saturated heterocycles. The van der Waals surface area contributed by atoms with Crippen LogP contribution in [0.1, 0.15) is 5.69 Å². The van der Waals surface area contributed by atoms with E-state index in [1.807, 2.05) is 6.07 Å². The average molecular weight is 165 g/mol. The van der Waals surface area contributed by atoms with Gasteiger partial charge in [-0.25, -0.2) is 5.11 Å². The number of rotatable bonds is 3. The van der Waals surface area contributed by atoms with E-state index in [-0.39, 0.29) is 0 Å². The fourth-order valence-corrected chi connectivity index (χ4v) is 0.743. The molecule has 0 aromatic carbocycles. The largest absolute Gasteiger partial charge is 0.348 e. The summed E-state index contributed by atoms with van der Waals surface area (Å²) in [6.45, 7) is -0.408. The number of nitrogens with one attached hydrogen (secondary N) is 1. The van der Waals surface area contributed by atoms with Gasteiger partial charge >= 0.3 is 0 Å². The molecule has 0 spiro atoms. The lowest BCUT2D eigenvalue weighted by Gasteiger charge is -2.00. The normalized spacial score (nSPS) is 9.42. The molecule has 0 atom stereocenters. The maximum absolute atomic E-state index is 10.5. The molecule has 4 nitrogen and oxygen atoms in total. The predicted molar refractivity (Wildman–Crippen MR) is 41.6 cm³/mol. The Balaban J connectivity index is 2.38. The van der Waals surface area contributed by atoms with Gasteiger partial charge in [-0.15, -0.1) is 0 Å². The molecule has 1 radical (unpaired) electrons. The molecule has 4 heteroatoms. The van der Waals surface area contributed by atoms with Gasteiger partial charge in [-0.05, 0) is 12.1 Å². The van der Waals surface area contributed by atoms with Crippen molar-refractivity contribution in [2.45, 2.75) is 6.54 Å². The minimum atomic E-state index is -0.729. The molecule has 1 rings (SSSR count). The third-order valence-corrected chi connectivity index (χ3v) is 1.32. The van der Waals surface area contributed by atoms with Crippen LogP contribution in [-0.2, 0) is 16.4 Å². The van der Waals surface area contributed by atoms with Crippen molar-refractivity contribution in [2.75, 3.05) is 6.61 Å². The molecule has 1 heterocycles. The molecule has 0 aliphatic heterocycles. The highest BCUT2D eigenvalue weighted by molar-refractivity contribution is 5.76. The second kappa shape index (κ2) is 4.46. The number of nitrogens with zero attached hydrogens (tertiary/aromatic N) is 1. The van der Waals surface area contributed by atoms with Crippen molar-refractivity contribution >= 4 is 5.91 Å². The highest BCUT2D eigenvalue weighted by Crippen LogP contribution is 1.91. The average Bonchev–Trinajstić information content (AvgIpc) is 2.16. The predicted octanol–water partition coefficient (Wildman–Crippen LogP) is 0.128. The second-order valence-electron chi connectivity index (χ2n) is 2.24. The molecule has 0 aliphatic carbocycles. The van der Waals surface area contributed by atoms with Crippen LogP contribution in [0.4, 0.5) is 0 Å². The molecule has 1 amide bonds. The van der Waals surface area contributed by atoms with Crippen LogP contribution in [0.5, 0.6) is 0 Å². The first-order valence-corrected chi connectivity index (χ1v) is 3.57. The fraction of sp³-hybridized carbons (Fsp3) is 0.250. The van der Waals surface area contributed by atoms with Gasteiger partial charge in [-0.1, -0.05) is 6.07 Å². The van der Waals surface area contributed by atoms with Crippen molar-refractivity contribution in [1.29, 1.82) is 0 Å². The van der Waals surface area contributed by atoms with E-state index in [1.54, 1.807) is 18.3 Å². The van der Waals surface area contributed by atoms with Gasteiger partial charge in [0.2, 0.25) is 5.91 Å². The molecule has 0 unspecified atom stereocenters. The maximum Gasteiger partial charge on any atom is 0.249 e. The molecular formula is C8H9N2O2. The summed E-state index contributed by atoms with van der Waals surface area (Å²) in [6.07, 6.45) is 1.64. The fourth-order valence-electron chi connectivity index (χ4n) is 0.743. The molecule has 1 aromatic heterocycles. The van der Waals surface area contributed by atoms with Crippen LogP contribution in [0.3, 0.4) is 0 Å². The van der Waals surface area contributed by atoms with Gasteiger partial charge in [-0.3, -0.25) is 9.78 Å². The molecule has 1 aromatic rings. The monoisotopic (exact) mass is 165 g/mol. The van der Waals surface area contributed by atoms with Gasteiger partial charge in [0, 0.05) is 6.20 Å². The lowest BCUT2D eigenvalue weighted by molar-refractivity contribution is -0.125. The summed E-state index contributed by atoms with van der Waals surface area (Å²) < 4.78 is 0. The molecule has 0 fully saturated rings. The van der Waals surface area contributed by atoms with Crippen LogP contribution in [0.15, 0.2) is 24.4 Å². The van der Waals surface area contributed by atoms with Crippen molar-refractivity contribution in [2.24, 2.45) is 0 Å². The topological polar surface area (TPSA) is 61.9 Å². The van der Waals surface area contributed by atoms with Crippen LogP contribution >= 0.6 is 0 Å². The number of carbonyl (C=O) groups is 1. The van der Waals surface area contributed by atoms with E-state index in [2.05, 4.69) is 10.3 Å². The number of amides is 1. The summed E-state index contributed by atoms with van der Waals surface area (Å²) in [5.74, 6) is -0.499. The Morgan fingerprint density at radius 2 is 2.33 bits per heavy atom. The zero-order valence-corrected chi connectivity index (χ0v) is 6.49. The van der Waals surface area contributed by atoms with Crippen LogP contribution in [0, 0.1) is 0 Å². The molecule has 0 bridgehead atoms. The van der Waals surface area contributed by atoms with Gasteiger partial charge in [0.1, 0.15) is 0 Å². The smallest absolute Gasteiger partial charge is 0.249 e. The Bertz CT molecular complexity index is 248. The minimum absolute atomic E-state index is 0.321. The first kappa shape index (κ1) is 8.67. The quantitative estimate of drug-likeness (QED) is 0.691. The number of hydrogen-bond acceptors (Lipinski definition) is 2. The molecule has 12 heavy (non-hydrogen) atoms.